The molecule has 0 bridgehead atoms. The van der Waals surface area contributed by atoms with E-state index in [1.54, 1.807) is 16.7 Å². The lowest BCUT2D eigenvalue weighted by molar-refractivity contribution is 0.283. The molecule has 3 unspecified atom stereocenters. The van der Waals surface area contributed by atoms with Gasteiger partial charge in [0.05, 0.1) is 0 Å². The zero-order valence-electron chi connectivity index (χ0n) is 10.4. The molecular weight excluding hydrogens is 204 g/mol. The summed E-state index contributed by atoms with van der Waals surface area (Å²) < 4.78 is 0. The molecule has 3 aliphatic carbocycles. The average molecular weight is 224 g/mol. The van der Waals surface area contributed by atoms with Gasteiger partial charge in [-0.15, -0.1) is 0 Å². The van der Waals surface area contributed by atoms with Crippen molar-refractivity contribution in [1.82, 2.24) is 0 Å². The van der Waals surface area contributed by atoms with Crippen molar-refractivity contribution in [2.24, 2.45) is 17.8 Å². The Morgan fingerprint density at radius 1 is 1.00 bits per heavy atom. The van der Waals surface area contributed by atoms with E-state index in [-0.39, 0.29) is 0 Å². The first-order chi connectivity index (χ1) is 8.43. The predicted octanol–water partition coefficient (Wildman–Crippen LogP) is 4.45. The van der Waals surface area contributed by atoms with Crippen molar-refractivity contribution in [3.63, 3.8) is 0 Å². The molecule has 1 fully saturated rings. The largest absolute Gasteiger partial charge is 0.0801 e. The number of allylic oxidation sites excluding steroid dienone is 2. The maximum Gasteiger partial charge on any atom is -0.0125 e. The van der Waals surface area contributed by atoms with Crippen molar-refractivity contribution in [3.8, 4) is 0 Å². The maximum absolute atomic E-state index is 2.58. The minimum absolute atomic E-state index is 0.895. The molecule has 0 radical (unpaired) electrons. The monoisotopic (exact) mass is 224 g/mol. The summed E-state index contributed by atoms with van der Waals surface area (Å²) in [5.41, 5.74) is 4.87. The van der Waals surface area contributed by atoms with Crippen LogP contribution in [0, 0.1) is 17.8 Å². The first kappa shape index (κ1) is 9.94. The van der Waals surface area contributed by atoms with Crippen LogP contribution in [0.25, 0.3) is 5.57 Å². The number of rotatable bonds is 0. The summed E-state index contributed by atoms with van der Waals surface area (Å²) in [6.45, 7) is 0. The van der Waals surface area contributed by atoms with Gasteiger partial charge in [0, 0.05) is 0 Å². The third-order valence-electron chi connectivity index (χ3n) is 5.33. The van der Waals surface area contributed by atoms with Crippen molar-refractivity contribution in [2.75, 3.05) is 0 Å². The molecule has 0 heteroatoms. The Hall–Kier alpha value is -1.04. The van der Waals surface area contributed by atoms with Crippen molar-refractivity contribution in [2.45, 2.75) is 38.5 Å². The summed E-state index contributed by atoms with van der Waals surface area (Å²) in [6, 6.07) is 9.08. The van der Waals surface area contributed by atoms with Crippen LogP contribution in [0.5, 0.6) is 0 Å². The van der Waals surface area contributed by atoms with Gasteiger partial charge in [-0.25, -0.2) is 0 Å². The molecule has 0 N–H and O–H groups in total. The van der Waals surface area contributed by atoms with Gasteiger partial charge in [0.1, 0.15) is 0 Å². The van der Waals surface area contributed by atoms with Crippen LogP contribution in [-0.2, 0) is 6.42 Å². The molecule has 0 heterocycles. The molecule has 1 saturated carbocycles. The van der Waals surface area contributed by atoms with Crippen LogP contribution in [0.2, 0.25) is 0 Å². The molecule has 3 aliphatic rings. The summed E-state index contributed by atoms with van der Waals surface area (Å²) in [6.07, 6.45) is 11.1. The highest BCUT2D eigenvalue weighted by Gasteiger charge is 2.39. The van der Waals surface area contributed by atoms with E-state index in [2.05, 4.69) is 30.3 Å². The Labute approximate surface area is 104 Å². The molecule has 0 aromatic heterocycles. The first-order valence-electron chi connectivity index (χ1n) is 7.22. The standard InChI is InChI=1S/C17H20/c1-2-6-14-12(4-1)8-10-17-15-7-3-5-13(15)9-11-16(14)17/h1-2,4,6,11,13,15,17H,3,5,7-10H2. The lowest BCUT2D eigenvalue weighted by Crippen LogP contribution is -2.27. The van der Waals surface area contributed by atoms with Crippen LogP contribution in [0.1, 0.15) is 43.2 Å². The predicted molar refractivity (Wildman–Crippen MR) is 71.7 cm³/mol. The summed E-state index contributed by atoms with van der Waals surface area (Å²) in [7, 11) is 0. The number of hydrogen-bond donors (Lipinski definition) is 0. The fraction of sp³-hybridized carbons (Fsp3) is 0.529. The fourth-order valence-corrected chi connectivity index (χ4v) is 4.56. The smallest absolute Gasteiger partial charge is 0.0125 e. The summed E-state index contributed by atoms with van der Waals surface area (Å²) in [5.74, 6) is 2.93. The Morgan fingerprint density at radius 2 is 1.94 bits per heavy atom. The zero-order chi connectivity index (χ0) is 11.2. The molecule has 88 valence electrons. The van der Waals surface area contributed by atoms with Crippen molar-refractivity contribution in [3.05, 3.63) is 41.5 Å². The Morgan fingerprint density at radius 3 is 2.94 bits per heavy atom. The molecule has 0 nitrogen and oxygen atoms in total. The summed E-state index contributed by atoms with van der Waals surface area (Å²) in [5, 5.41) is 0. The highest BCUT2D eigenvalue weighted by atomic mass is 14.4. The van der Waals surface area contributed by atoms with Crippen LogP contribution < -0.4 is 0 Å². The fourth-order valence-electron chi connectivity index (χ4n) is 4.56. The third-order valence-corrected chi connectivity index (χ3v) is 5.33. The van der Waals surface area contributed by atoms with Gasteiger partial charge in [0.2, 0.25) is 0 Å². The molecule has 3 atom stereocenters. The van der Waals surface area contributed by atoms with E-state index in [1.807, 2.05) is 0 Å². The van der Waals surface area contributed by atoms with E-state index >= 15 is 0 Å². The normalized spacial score (nSPS) is 34.6. The van der Waals surface area contributed by atoms with Crippen molar-refractivity contribution >= 4 is 5.57 Å². The number of benzene rings is 1. The second kappa shape index (κ2) is 3.73. The van der Waals surface area contributed by atoms with Gasteiger partial charge in [-0.1, -0.05) is 36.8 Å². The van der Waals surface area contributed by atoms with E-state index in [9.17, 15) is 0 Å². The molecule has 0 spiro atoms. The van der Waals surface area contributed by atoms with E-state index in [1.165, 1.54) is 38.5 Å². The lowest BCUT2D eigenvalue weighted by atomic mass is 9.66. The maximum atomic E-state index is 2.58. The van der Waals surface area contributed by atoms with Crippen LogP contribution in [0.4, 0.5) is 0 Å². The molecule has 0 saturated heterocycles. The minimum Gasteiger partial charge on any atom is -0.0801 e. The summed E-state index contributed by atoms with van der Waals surface area (Å²) >= 11 is 0. The van der Waals surface area contributed by atoms with Gasteiger partial charge in [-0.05, 0) is 66.6 Å². The van der Waals surface area contributed by atoms with Gasteiger partial charge in [0.15, 0.2) is 0 Å². The summed E-state index contributed by atoms with van der Waals surface area (Å²) in [4.78, 5) is 0. The minimum atomic E-state index is 0.895. The Kier molecular flexibility index (Phi) is 2.18. The molecule has 0 amide bonds. The highest BCUT2D eigenvalue weighted by Crippen LogP contribution is 2.51. The molecule has 4 rings (SSSR count). The molecular formula is C17H20. The topological polar surface area (TPSA) is 0 Å². The molecule has 17 heavy (non-hydrogen) atoms. The second-order valence-corrected chi connectivity index (χ2v) is 6.05. The van der Waals surface area contributed by atoms with Crippen LogP contribution in [0.3, 0.4) is 0 Å². The average Bonchev–Trinajstić information content (AvgIpc) is 2.86. The number of hydrogen-bond acceptors (Lipinski definition) is 0. The molecule has 0 aliphatic heterocycles. The van der Waals surface area contributed by atoms with Crippen molar-refractivity contribution in [1.29, 1.82) is 0 Å². The van der Waals surface area contributed by atoms with Gasteiger partial charge in [-0.3, -0.25) is 0 Å². The van der Waals surface area contributed by atoms with Crippen molar-refractivity contribution < 1.29 is 0 Å². The number of fused-ring (bicyclic) bond motifs is 5. The van der Waals surface area contributed by atoms with Gasteiger partial charge in [-0.2, -0.15) is 0 Å². The Balaban J connectivity index is 1.79. The zero-order valence-corrected chi connectivity index (χ0v) is 10.4. The van der Waals surface area contributed by atoms with E-state index in [0.717, 1.165) is 17.8 Å². The second-order valence-electron chi connectivity index (χ2n) is 6.05. The van der Waals surface area contributed by atoms with E-state index in [0.29, 0.717) is 0 Å². The highest BCUT2D eigenvalue weighted by molar-refractivity contribution is 5.72. The van der Waals surface area contributed by atoms with Gasteiger partial charge in [0.25, 0.3) is 0 Å². The third kappa shape index (κ3) is 1.43. The molecule has 1 aromatic carbocycles. The van der Waals surface area contributed by atoms with E-state index < -0.39 is 0 Å². The van der Waals surface area contributed by atoms with Crippen LogP contribution in [0.15, 0.2) is 30.3 Å². The quantitative estimate of drug-likeness (QED) is 0.610. The number of aryl methyl sites for hydroxylation is 1. The van der Waals surface area contributed by atoms with Crippen LogP contribution >= 0.6 is 0 Å². The molecule has 1 aromatic rings. The van der Waals surface area contributed by atoms with Gasteiger partial charge >= 0.3 is 0 Å². The Bertz CT molecular complexity index is 469. The lowest BCUT2D eigenvalue weighted by Gasteiger charge is -2.38. The first-order valence-corrected chi connectivity index (χ1v) is 7.22. The van der Waals surface area contributed by atoms with Gasteiger partial charge < -0.3 is 0 Å². The van der Waals surface area contributed by atoms with Crippen LogP contribution in [-0.4, -0.2) is 0 Å². The van der Waals surface area contributed by atoms with E-state index in [4.69, 9.17) is 0 Å². The SMILES string of the molecule is C1=C2c3ccccc3CCC2C2CCCC2C1.